The maximum Gasteiger partial charge on any atom is 0.0835 e. The molecular formula is C12H17NO. The summed E-state index contributed by atoms with van der Waals surface area (Å²) in [7, 11) is 0. The lowest BCUT2D eigenvalue weighted by Crippen LogP contribution is -2.20. The lowest BCUT2D eigenvalue weighted by molar-refractivity contribution is 0.0613. The fraction of sp³-hybridized carbons (Fsp3) is 0.583. The summed E-state index contributed by atoms with van der Waals surface area (Å²) in [4.78, 5) is 4.24. The zero-order valence-electron chi connectivity index (χ0n) is 8.83. The third kappa shape index (κ3) is 1.67. The SMILES string of the molecule is Cc1cc(C)c(C(O)C2CCC2)cn1. The van der Waals surface area contributed by atoms with E-state index in [1.807, 2.05) is 26.1 Å². The van der Waals surface area contributed by atoms with Gasteiger partial charge in [-0.1, -0.05) is 6.42 Å². The summed E-state index contributed by atoms with van der Waals surface area (Å²) in [6, 6.07) is 2.04. The Morgan fingerprint density at radius 3 is 2.64 bits per heavy atom. The van der Waals surface area contributed by atoms with Crippen molar-refractivity contribution in [1.29, 1.82) is 0 Å². The average Bonchev–Trinajstić information content (AvgIpc) is 2.00. The van der Waals surface area contributed by atoms with E-state index in [9.17, 15) is 5.11 Å². The molecule has 1 unspecified atom stereocenters. The van der Waals surface area contributed by atoms with Gasteiger partial charge in [0.2, 0.25) is 0 Å². The van der Waals surface area contributed by atoms with Gasteiger partial charge in [0.15, 0.2) is 0 Å². The van der Waals surface area contributed by atoms with E-state index in [2.05, 4.69) is 4.98 Å². The molecule has 1 aromatic rings. The van der Waals surface area contributed by atoms with Crippen molar-refractivity contribution in [2.45, 2.75) is 39.2 Å². The highest BCUT2D eigenvalue weighted by molar-refractivity contribution is 5.27. The predicted molar refractivity (Wildman–Crippen MR) is 56.0 cm³/mol. The lowest BCUT2D eigenvalue weighted by atomic mass is 9.78. The second-order valence-corrected chi connectivity index (χ2v) is 4.32. The first-order valence-corrected chi connectivity index (χ1v) is 5.29. The van der Waals surface area contributed by atoms with Crippen LogP contribution in [-0.2, 0) is 0 Å². The van der Waals surface area contributed by atoms with Gasteiger partial charge in [-0.3, -0.25) is 4.98 Å². The molecule has 1 fully saturated rings. The molecule has 0 spiro atoms. The molecule has 0 amide bonds. The number of hydrogen-bond acceptors (Lipinski definition) is 2. The van der Waals surface area contributed by atoms with Crippen molar-refractivity contribution < 1.29 is 5.11 Å². The molecule has 0 saturated heterocycles. The summed E-state index contributed by atoms with van der Waals surface area (Å²) in [6.45, 7) is 4.03. The predicted octanol–water partition coefficient (Wildman–Crippen LogP) is 2.53. The number of aliphatic hydroxyl groups is 1. The van der Waals surface area contributed by atoms with Gasteiger partial charge in [-0.05, 0) is 44.2 Å². The van der Waals surface area contributed by atoms with Crippen LogP contribution < -0.4 is 0 Å². The molecule has 1 saturated carbocycles. The summed E-state index contributed by atoms with van der Waals surface area (Å²) in [5, 5.41) is 10.1. The topological polar surface area (TPSA) is 33.1 Å². The summed E-state index contributed by atoms with van der Waals surface area (Å²) in [5.41, 5.74) is 3.20. The third-order valence-electron chi connectivity index (χ3n) is 3.20. The molecule has 0 aromatic carbocycles. The Bertz CT molecular complexity index is 331. The fourth-order valence-corrected chi connectivity index (χ4v) is 2.03. The summed E-state index contributed by atoms with van der Waals surface area (Å²) < 4.78 is 0. The average molecular weight is 191 g/mol. The molecule has 1 heterocycles. The van der Waals surface area contributed by atoms with Crippen LogP contribution in [0.5, 0.6) is 0 Å². The molecule has 76 valence electrons. The number of hydrogen-bond donors (Lipinski definition) is 1. The van der Waals surface area contributed by atoms with Crippen LogP contribution in [0.2, 0.25) is 0 Å². The van der Waals surface area contributed by atoms with Gasteiger partial charge in [-0.25, -0.2) is 0 Å². The molecule has 0 bridgehead atoms. The van der Waals surface area contributed by atoms with Gasteiger partial charge in [-0.2, -0.15) is 0 Å². The van der Waals surface area contributed by atoms with E-state index in [0.29, 0.717) is 5.92 Å². The number of aliphatic hydroxyl groups excluding tert-OH is 1. The second-order valence-electron chi connectivity index (χ2n) is 4.32. The summed E-state index contributed by atoms with van der Waals surface area (Å²) >= 11 is 0. The Morgan fingerprint density at radius 2 is 2.14 bits per heavy atom. The van der Waals surface area contributed by atoms with Crippen LogP contribution in [0.15, 0.2) is 12.3 Å². The lowest BCUT2D eigenvalue weighted by Gasteiger charge is -2.31. The van der Waals surface area contributed by atoms with Crippen LogP contribution in [0.3, 0.4) is 0 Å². The van der Waals surface area contributed by atoms with Gasteiger partial charge in [0.05, 0.1) is 6.10 Å². The number of aromatic nitrogens is 1. The molecule has 14 heavy (non-hydrogen) atoms. The van der Waals surface area contributed by atoms with E-state index in [4.69, 9.17) is 0 Å². The Labute approximate surface area is 85.0 Å². The number of rotatable bonds is 2. The molecule has 2 rings (SSSR count). The van der Waals surface area contributed by atoms with Crippen LogP contribution in [0.25, 0.3) is 0 Å². The van der Waals surface area contributed by atoms with Gasteiger partial charge in [0, 0.05) is 17.5 Å². The minimum Gasteiger partial charge on any atom is -0.388 e. The normalized spacial score (nSPS) is 19.1. The van der Waals surface area contributed by atoms with E-state index >= 15 is 0 Å². The van der Waals surface area contributed by atoms with Crippen LogP contribution in [-0.4, -0.2) is 10.1 Å². The maximum atomic E-state index is 10.1. The number of pyridine rings is 1. The van der Waals surface area contributed by atoms with Crippen LogP contribution in [0.4, 0.5) is 0 Å². The highest BCUT2D eigenvalue weighted by atomic mass is 16.3. The Morgan fingerprint density at radius 1 is 1.43 bits per heavy atom. The van der Waals surface area contributed by atoms with E-state index in [1.54, 1.807) is 0 Å². The van der Waals surface area contributed by atoms with Gasteiger partial charge < -0.3 is 5.11 Å². The molecule has 1 atom stereocenters. The highest BCUT2D eigenvalue weighted by Crippen LogP contribution is 2.38. The molecular weight excluding hydrogens is 174 g/mol. The van der Waals surface area contributed by atoms with E-state index < -0.39 is 0 Å². The number of aryl methyl sites for hydroxylation is 2. The minimum absolute atomic E-state index is 0.295. The van der Waals surface area contributed by atoms with Gasteiger partial charge in [-0.15, -0.1) is 0 Å². The van der Waals surface area contributed by atoms with E-state index in [0.717, 1.165) is 29.7 Å². The van der Waals surface area contributed by atoms with Crippen LogP contribution in [0.1, 0.15) is 42.2 Å². The molecule has 1 aliphatic carbocycles. The smallest absolute Gasteiger partial charge is 0.0835 e. The van der Waals surface area contributed by atoms with Crippen molar-refractivity contribution in [1.82, 2.24) is 4.98 Å². The van der Waals surface area contributed by atoms with Crippen molar-refractivity contribution in [3.8, 4) is 0 Å². The monoisotopic (exact) mass is 191 g/mol. The maximum absolute atomic E-state index is 10.1. The standard InChI is InChI=1S/C12H17NO/c1-8-6-9(2)13-7-11(8)12(14)10-4-3-5-10/h6-7,10,12,14H,3-5H2,1-2H3. The molecule has 2 nitrogen and oxygen atoms in total. The molecule has 1 N–H and O–H groups in total. The first kappa shape index (κ1) is 9.66. The van der Waals surface area contributed by atoms with Crippen molar-refractivity contribution >= 4 is 0 Å². The van der Waals surface area contributed by atoms with Gasteiger partial charge in [0.25, 0.3) is 0 Å². The van der Waals surface area contributed by atoms with Crippen molar-refractivity contribution in [2.24, 2.45) is 5.92 Å². The molecule has 0 radical (unpaired) electrons. The quantitative estimate of drug-likeness (QED) is 0.779. The third-order valence-corrected chi connectivity index (χ3v) is 3.20. The molecule has 0 aliphatic heterocycles. The zero-order chi connectivity index (χ0) is 10.1. The van der Waals surface area contributed by atoms with E-state index in [-0.39, 0.29) is 6.10 Å². The molecule has 1 aromatic heterocycles. The first-order chi connectivity index (χ1) is 6.68. The second kappa shape index (κ2) is 3.70. The van der Waals surface area contributed by atoms with E-state index in [1.165, 1.54) is 6.42 Å². The fourth-order valence-electron chi connectivity index (χ4n) is 2.03. The highest BCUT2D eigenvalue weighted by Gasteiger charge is 2.27. The Hall–Kier alpha value is -0.890. The zero-order valence-corrected chi connectivity index (χ0v) is 8.83. The van der Waals surface area contributed by atoms with Gasteiger partial charge in [0.1, 0.15) is 0 Å². The first-order valence-electron chi connectivity index (χ1n) is 5.29. The summed E-state index contributed by atoms with van der Waals surface area (Å²) in [5.74, 6) is 0.471. The largest absolute Gasteiger partial charge is 0.388 e. The van der Waals surface area contributed by atoms with Crippen molar-refractivity contribution in [2.75, 3.05) is 0 Å². The summed E-state index contributed by atoms with van der Waals surface area (Å²) in [6.07, 6.45) is 5.12. The Balaban J connectivity index is 2.22. The van der Waals surface area contributed by atoms with Gasteiger partial charge >= 0.3 is 0 Å². The number of nitrogens with zero attached hydrogens (tertiary/aromatic N) is 1. The molecule has 2 heteroatoms. The van der Waals surface area contributed by atoms with Crippen LogP contribution in [0, 0.1) is 19.8 Å². The van der Waals surface area contributed by atoms with Crippen molar-refractivity contribution in [3.05, 3.63) is 29.1 Å². The molecule has 1 aliphatic rings. The minimum atomic E-state index is -0.295. The van der Waals surface area contributed by atoms with Crippen LogP contribution >= 0.6 is 0 Å². The Kier molecular flexibility index (Phi) is 2.55. The van der Waals surface area contributed by atoms with Crippen molar-refractivity contribution in [3.63, 3.8) is 0 Å².